The molecule has 0 saturated heterocycles. The molecule has 0 aliphatic heterocycles. The maximum atomic E-state index is 13.8. The summed E-state index contributed by atoms with van der Waals surface area (Å²) in [6, 6.07) is 8.90. The molecule has 104 valence electrons. The van der Waals surface area contributed by atoms with Gasteiger partial charge in [-0.1, -0.05) is 39.8 Å². The van der Waals surface area contributed by atoms with E-state index < -0.39 is 5.54 Å². The Morgan fingerprint density at radius 2 is 1.68 bits per heavy atom. The fourth-order valence-electron chi connectivity index (χ4n) is 2.52. The first-order valence-electron chi connectivity index (χ1n) is 6.82. The molecule has 0 aliphatic rings. The van der Waals surface area contributed by atoms with E-state index in [1.54, 1.807) is 18.2 Å². The Morgan fingerprint density at radius 1 is 1.16 bits per heavy atom. The second-order valence-corrected chi connectivity index (χ2v) is 5.99. The summed E-state index contributed by atoms with van der Waals surface area (Å²) in [7, 11) is 0. The predicted octanol–water partition coefficient (Wildman–Crippen LogP) is 4.59. The third kappa shape index (κ3) is 4.55. The van der Waals surface area contributed by atoms with Crippen molar-refractivity contribution in [3.8, 4) is 6.07 Å². The van der Waals surface area contributed by atoms with E-state index in [0.29, 0.717) is 30.4 Å². The molecule has 0 fully saturated rings. The van der Waals surface area contributed by atoms with Gasteiger partial charge in [0.25, 0.3) is 0 Å². The van der Waals surface area contributed by atoms with E-state index in [4.69, 9.17) is 0 Å². The first-order chi connectivity index (χ1) is 8.88. The molecule has 0 heterocycles. The molecule has 0 unspecified atom stereocenters. The number of benzene rings is 1. The van der Waals surface area contributed by atoms with Crippen molar-refractivity contribution in [3.05, 3.63) is 30.1 Å². The van der Waals surface area contributed by atoms with E-state index in [2.05, 4.69) is 39.1 Å². The van der Waals surface area contributed by atoms with Crippen molar-refractivity contribution >= 4 is 5.69 Å². The van der Waals surface area contributed by atoms with Crippen LogP contribution in [0.25, 0.3) is 0 Å². The minimum absolute atomic E-state index is 0.311. The van der Waals surface area contributed by atoms with E-state index in [1.165, 1.54) is 6.07 Å². The van der Waals surface area contributed by atoms with Crippen molar-refractivity contribution in [1.29, 1.82) is 5.26 Å². The van der Waals surface area contributed by atoms with Crippen LogP contribution in [0.5, 0.6) is 0 Å². The molecule has 0 aromatic heterocycles. The van der Waals surface area contributed by atoms with Gasteiger partial charge in [-0.2, -0.15) is 5.26 Å². The van der Waals surface area contributed by atoms with Gasteiger partial charge in [0, 0.05) is 0 Å². The summed E-state index contributed by atoms with van der Waals surface area (Å²) in [5, 5.41) is 12.7. The summed E-state index contributed by atoms with van der Waals surface area (Å²) >= 11 is 0. The number of hydrogen-bond acceptors (Lipinski definition) is 2. The van der Waals surface area contributed by atoms with Gasteiger partial charge in [0.2, 0.25) is 0 Å². The van der Waals surface area contributed by atoms with Crippen LogP contribution in [-0.4, -0.2) is 5.54 Å². The van der Waals surface area contributed by atoms with Gasteiger partial charge in [0.05, 0.1) is 11.8 Å². The van der Waals surface area contributed by atoms with Crippen LogP contribution in [0.4, 0.5) is 10.1 Å². The normalized spacial score (nSPS) is 11.7. The Labute approximate surface area is 115 Å². The highest BCUT2D eigenvalue weighted by Gasteiger charge is 2.32. The van der Waals surface area contributed by atoms with Gasteiger partial charge in [-0.3, -0.25) is 0 Å². The van der Waals surface area contributed by atoms with Gasteiger partial charge in [-0.05, 0) is 36.8 Å². The zero-order valence-electron chi connectivity index (χ0n) is 12.2. The zero-order chi connectivity index (χ0) is 14.5. The maximum Gasteiger partial charge on any atom is 0.146 e. The lowest BCUT2D eigenvalue weighted by Crippen LogP contribution is -2.39. The number of nitrogens with zero attached hydrogens (tertiary/aromatic N) is 1. The van der Waals surface area contributed by atoms with Crippen LogP contribution in [-0.2, 0) is 0 Å². The van der Waals surface area contributed by atoms with Crippen LogP contribution in [0.1, 0.15) is 40.5 Å². The molecule has 1 aromatic carbocycles. The number of para-hydroxylation sites is 1. The van der Waals surface area contributed by atoms with Crippen molar-refractivity contribution in [1.82, 2.24) is 0 Å². The maximum absolute atomic E-state index is 13.8. The van der Waals surface area contributed by atoms with Gasteiger partial charge in [-0.15, -0.1) is 0 Å². The third-order valence-electron chi connectivity index (χ3n) is 2.98. The second-order valence-electron chi connectivity index (χ2n) is 5.99. The van der Waals surface area contributed by atoms with Crippen molar-refractivity contribution < 1.29 is 4.39 Å². The number of halogens is 1. The first kappa shape index (κ1) is 15.5. The lowest BCUT2D eigenvalue weighted by Gasteiger charge is -2.32. The lowest BCUT2D eigenvalue weighted by atomic mass is 9.82. The summed E-state index contributed by atoms with van der Waals surface area (Å²) in [6.07, 6.45) is 1.41. The predicted molar refractivity (Wildman–Crippen MR) is 77.3 cm³/mol. The van der Waals surface area contributed by atoms with Crippen LogP contribution >= 0.6 is 0 Å². The molecule has 0 amide bonds. The van der Waals surface area contributed by atoms with Gasteiger partial charge >= 0.3 is 0 Å². The topological polar surface area (TPSA) is 35.8 Å². The molecule has 0 radical (unpaired) electrons. The summed E-state index contributed by atoms with van der Waals surface area (Å²) in [5.74, 6) is 0.435. The highest BCUT2D eigenvalue weighted by molar-refractivity contribution is 5.49. The average molecular weight is 262 g/mol. The van der Waals surface area contributed by atoms with E-state index in [-0.39, 0.29) is 5.82 Å². The van der Waals surface area contributed by atoms with Crippen molar-refractivity contribution in [3.63, 3.8) is 0 Å². The lowest BCUT2D eigenvalue weighted by molar-refractivity contribution is 0.374. The molecule has 0 spiro atoms. The third-order valence-corrected chi connectivity index (χ3v) is 2.98. The Kier molecular flexibility index (Phi) is 5.35. The van der Waals surface area contributed by atoms with Gasteiger partial charge in [0.15, 0.2) is 0 Å². The molecule has 1 rings (SSSR count). The number of rotatable bonds is 6. The molecule has 3 heteroatoms. The van der Waals surface area contributed by atoms with Gasteiger partial charge in [0.1, 0.15) is 11.4 Å². The molecule has 2 nitrogen and oxygen atoms in total. The largest absolute Gasteiger partial charge is 0.365 e. The van der Waals surface area contributed by atoms with E-state index in [9.17, 15) is 9.65 Å². The summed E-state index contributed by atoms with van der Waals surface area (Å²) in [6.45, 7) is 8.32. The zero-order valence-corrected chi connectivity index (χ0v) is 12.2. The summed E-state index contributed by atoms with van der Waals surface area (Å²) < 4.78 is 13.8. The van der Waals surface area contributed by atoms with Crippen LogP contribution in [0.3, 0.4) is 0 Å². The van der Waals surface area contributed by atoms with Gasteiger partial charge < -0.3 is 5.32 Å². The van der Waals surface area contributed by atoms with Crippen molar-refractivity contribution in [2.24, 2.45) is 11.8 Å². The fraction of sp³-hybridized carbons (Fsp3) is 0.562. The second kappa shape index (κ2) is 6.56. The SMILES string of the molecule is CC(C)CC(C#N)(CC(C)C)Nc1ccccc1F. The van der Waals surface area contributed by atoms with E-state index in [1.807, 2.05) is 0 Å². The monoisotopic (exact) mass is 262 g/mol. The Morgan fingerprint density at radius 3 is 2.11 bits per heavy atom. The Bertz CT molecular complexity index is 436. The van der Waals surface area contributed by atoms with Gasteiger partial charge in [-0.25, -0.2) is 4.39 Å². The quantitative estimate of drug-likeness (QED) is 0.813. The van der Waals surface area contributed by atoms with E-state index >= 15 is 0 Å². The molecule has 0 bridgehead atoms. The van der Waals surface area contributed by atoms with E-state index in [0.717, 1.165) is 0 Å². The molecular weight excluding hydrogens is 239 g/mol. The molecule has 1 N–H and O–H groups in total. The molecule has 1 aromatic rings. The highest BCUT2D eigenvalue weighted by Crippen LogP contribution is 2.29. The minimum atomic E-state index is -0.704. The number of hydrogen-bond donors (Lipinski definition) is 1. The molecule has 0 aliphatic carbocycles. The first-order valence-corrected chi connectivity index (χ1v) is 6.82. The number of nitrogens with one attached hydrogen (secondary N) is 1. The molecule has 19 heavy (non-hydrogen) atoms. The summed E-state index contributed by atoms with van der Waals surface area (Å²) in [5.41, 5.74) is -0.296. The molecule has 0 saturated carbocycles. The van der Waals surface area contributed by atoms with Crippen LogP contribution in [0, 0.1) is 29.0 Å². The van der Waals surface area contributed by atoms with Crippen molar-refractivity contribution in [2.75, 3.05) is 5.32 Å². The van der Waals surface area contributed by atoms with Crippen LogP contribution < -0.4 is 5.32 Å². The fourth-order valence-corrected chi connectivity index (χ4v) is 2.52. The average Bonchev–Trinajstić information content (AvgIpc) is 2.30. The Hall–Kier alpha value is -1.56. The van der Waals surface area contributed by atoms with Crippen molar-refractivity contribution in [2.45, 2.75) is 46.1 Å². The van der Waals surface area contributed by atoms with Crippen LogP contribution in [0.2, 0.25) is 0 Å². The van der Waals surface area contributed by atoms with Crippen LogP contribution in [0.15, 0.2) is 24.3 Å². The minimum Gasteiger partial charge on any atom is -0.365 e. The standard InChI is InChI=1S/C16H23FN2/c1-12(2)9-16(11-18,10-13(3)4)19-15-8-6-5-7-14(15)17/h5-8,12-13,19H,9-10H2,1-4H3. The summed E-state index contributed by atoms with van der Waals surface area (Å²) in [4.78, 5) is 0. The molecular formula is C16H23FN2. The highest BCUT2D eigenvalue weighted by atomic mass is 19.1. The Balaban J connectivity index is 3.03. The number of nitriles is 1. The molecule has 0 atom stereocenters. The smallest absolute Gasteiger partial charge is 0.146 e. The number of anilines is 1.